The molecule has 50 heavy (non-hydrogen) atoms. The van der Waals surface area contributed by atoms with Crippen LogP contribution in [0.25, 0.3) is 77.2 Å². The number of hydrogen-bond donors (Lipinski definition) is 0. The monoisotopic (exact) mass is 635 g/mol. The fourth-order valence-electron chi connectivity index (χ4n) is 7.53. The highest BCUT2D eigenvalue weighted by Crippen LogP contribution is 2.42. The molecule has 0 saturated carbocycles. The molecule has 0 aliphatic heterocycles. The molecule has 0 atom stereocenters. The number of rotatable bonds is 4. The van der Waals surface area contributed by atoms with E-state index in [4.69, 9.17) is 0 Å². The van der Waals surface area contributed by atoms with Crippen molar-refractivity contribution in [2.24, 2.45) is 0 Å². The zero-order chi connectivity index (χ0) is 33.8. The van der Waals surface area contributed by atoms with Crippen LogP contribution in [-0.2, 0) is 0 Å². The van der Waals surface area contributed by atoms with Gasteiger partial charge in [0.15, 0.2) is 0 Å². The van der Waals surface area contributed by atoms with E-state index in [1.165, 1.54) is 0 Å². The van der Waals surface area contributed by atoms with Gasteiger partial charge in [0.05, 0.1) is 56.6 Å². The zero-order valence-corrected chi connectivity index (χ0v) is 26.7. The summed E-state index contributed by atoms with van der Waals surface area (Å²) >= 11 is 0. The highest BCUT2D eigenvalue weighted by molar-refractivity contribution is 6.12. The first-order valence-corrected chi connectivity index (χ1v) is 16.3. The van der Waals surface area contributed by atoms with Gasteiger partial charge < -0.3 is 9.13 Å². The second kappa shape index (κ2) is 11.4. The van der Waals surface area contributed by atoms with E-state index in [9.17, 15) is 15.8 Å². The molecule has 0 radical (unpaired) electrons. The van der Waals surface area contributed by atoms with Crippen LogP contribution in [0.4, 0.5) is 0 Å². The number of fused-ring (bicyclic) bond motifs is 6. The molecule has 230 valence electrons. The first-order valence-electron chi connectivity index (χ1n) is 16.3. The fraction of sp³-hybridized carbons (Fsp3) is 0. The Labute approximate surface area is 287 Å². The number of nitriles is 3. The summed E-state index contributed by atoms with van der Waals surface area (Å²) in [6, 6.07) is 57.7. The minimum Gasteiger partial charge on any atom is -0.309 e. The van der Waals surface area contributed by atoms with Crippen molar-refractivity contribution in [2.75, 3.05) is 0 Å². The Morgan fingerprint density at radius 1 is 0.420 bits per heavy atom. The third-order valence-corrected chi connectivity index (χ3v) is 9.65. The average Bonchev–Trinajstić information content (AvgIpc) is 3.70. The van der Waals surface area contributed by atoms with Crippen LogP contribution in [0.1, 0.15) is 16.7 Å². The molecule has 2 heterocycles. The van der Waals surface area contributed by atoms with Crippen LogP contribution >= 0.6 is 0 Å². The van der Waals surface area contributed by atoms with Gasteiger partial charge in [-0.2, -0.15) is 15.8 Å². The quantitative estimate of drug-likeness (QED) is 0.193. The summed E-state index contributed by atoms with van der Waals surface area (Å²) in [5, 5.41) is 34.3. The van der Waals surface area contributed by atoms with Crippen LogP contribution in [0.2, 0.25) is 0 Å². The Balaban J connectivity index is 1.25. The standard InChI is InChI=1S/C45H25N5/c46-26-29-19-24-43-39(25-29)36-13-3-6-18-42(36)50(43)41-17-5-1-11-34(41)37-14-7-9-31(27-47)44(37)30-20-22-33(23-21-30)49-40-16-4-2-12-35(40)38-15-8-10-32(28-48)45(38)49/h1-25H. The van der Waals surface area contributed by atoms with Gasteiger partial charge in [-0.05, 0) is 71.8 Å². The average molecular weight is 636 g/mol. The normalized spacial score (nSPS) is 11.1. The molecule has 0 N–H and O–H groups in total. The van der Waals surface area contributed by atoms with E-state index in [0.717, 1.165) is 77.2 Å². The maximum Gasteiger partial charge on any atom is 0.101 e. The van der Waals surface area contributed by atoms with Crippen molar-refractivity contribution in [3.05, 3.63) is 168 Å². The number of benzene rings is 7. The van der Waals surface area contributed by atoms with E-state index in [1.54, 1.807) is 0 Å². The SMILES string of the molecule is N#Cc1ccc2c(c1)c1ccccc1n2-c1ccccc1-c1cccc(C#N)c1-c1ccc(-n2c3ccccc3c3cccc(C#N)c32)cc1. The Bertz CT molecular complexity index is 2960. The molecule has 0 aliphatic carbocycles. The number of para-hydroxylation sites is 4. The zero-order valence-electron chi connectivity index (χ0n) is 26.7. The molecule has 0 saturated heterocycles. The van der Waals surface area contributed by atoms with Gasteiger partial charge in [0.1, 0.15) is 6.07 Å². The van der Waals surface area contributed by atoms with Gasteiger partial charge in [0, 0.05) is 38.4 Å². The van der Waals surface area contributed by atoms with Gasteiger partial charge in [-0.25, -0.2) is 0 Å². The molecule has 0 fully saturated rings. The van der Waals surface area contributed by atoms with Crippen LogP contribution in [0, 0.1) is 34.0 Å². The van der Waals surface area contributed by atoms with Crippen LogP contribution in [0.3, 0.4) is 0 Å². The lowest BCUT2D eigenvalue weighted by atomic mass is 9.90. The molecule has 0 aliphatic rings. The predicted molar refractivity (Wildman–Crippen MR) is 200 cm³/mol. The Hall–Kier alpha value is -7.39. The molecule has 9 aromatic rings. The van der Waals surface area contributed by atoms with Gasteiger partial charge in [-0.15, -0.1) is 0 Å². The van der Waals surface area contributed by atoms with E-state index < -0.39 is 0 Å². The third-order valence-electron chi connectivity index (χ3n) is 9.65. The van der Waals surface area contributed by atoms with Crippen molar-refractivity contribution in [3.8, 4) is 51.8 Å². The summed E-state index contributed by atoms with van der Waals surface area (Å²) in [4.78, 5) is 0. The van der Waals surface area contributed by atoms with Gasteiger partial charge in [-0.1, -0.05) is 91.0 Å². The molecular formula is C45H25N5. The summed E-state index contributed by atoms with van der Waals surface area (Å²) in [5.41, 5.74) is 11.4. The maximum absolute atomic E-state index is 10.4. The largest absolute Gasteiger partial charge is 0.309 e. The number of nitrogens with zero attached hydrogens (tertiary/aromatic N) is 5. The van der Waals surface area contributed by atoms with Crippen molar-refractivity contribution >= 4 is 43.6 Å². The molecule has 0 unspecified atom stereocenters. The lowest BCUT2D eigenvalue weighted by Gasteiger charge is -2.18. The van der Waals surface area contributed by atoms with Gasteiger partial charge in [0.2, 0.25) is 0 Å². The summed E-state index contributed by atoms with van der Waals surface area (Å²) in [6.45, 7) is 0. The summed E-state index contributed by atoms with van der Waals surface area (Å²) in [6.07, 6.45) is 0. The van der Waals surface area contributed by atoms with Crippen LogP contribution < -0.4 is 0 Å². The molecule has 0 spiro atoms. The van der Waals surface area contributed by atoms with Crippen molar-refractivity contribution < 1.29 is 0 Å². The van der Waals surface area contributed by atoms with Crippen LogP contribution in [-0.4, -0.2) is 9.13 Å². The molecule has 2 aromatic heterocycles. The first-order chi connectivity index (χ1) is 24.7. The Morgan fingerprint density at radius 2 is 1.02 bits per heavy atom. The predicted octanol–water partition coefficient (Wildman–Crippen LogP) is 10.8. The van der Waals surface area contributed by atoms with Crippen molar-refractivity contribution in [1.29, 1.82) is 15.8 Å². The molecule has 0 bridgehead atoms. The van der Waals surface area contributed by atoms with Crippen molar-refractivity contribution in [2.45, 2.75) is 0 Å². The molecule has 5 nitrogen and oxygen atoms in total. The highest BCUT2D eigenvalue weighted by atomic mass is 15.0. The minimum atomic E-state index is 0.578. The number of aromatic nitrogens is 2. The lowest BCUT2D eigenvalue weighted by molar-refractivity contribution is 1.17. The van der Waals surface area contributed by atoms with Crippen LogP contribution in [0.15, 0.2) is 152 Å². The summed E-state index contributed by atoms with van der Waals surface area (Å²) in [7, 11) is 0. The lowest BCUT2D eigenvalue weighted by Crippen LogP contribution is -1.99. The smallest absolute Gasteiger partial charge is 0.101 e. The van der Waals surface area contributed by atoms with Crippen LogP contribution in [0.5, 0.6) is 0 Å². The number of hydrogen-bond acceptors (Lipinski definition) is 3. The summed E-state index contributed by atoms with van der Waals surface area (Å²) in [5.74, 6) is 0. The van der Waals surface area contributed by atoms with Gasteiger partial charge in [0.25, 0.3) is 0 Å². The third kappa shape index (κ3) is 4.24. The van der Waals surface area contributed by atoms with E-state index in [2.05, 4.69) is 100 Å². The second-order valence-corrected chi connectivity index (χ2v) is 12.3. The van der Waals surface area contributed by atoms with Gasteiger partial charge >= 0.3 is 0 Å². The topological polar surface area (TPSA) is 81.2 Å². The van der Waals surface area contributed by atoms with E-state index in [1.807, 2.05) is 78.9 Å². The highest BCUT2D eigenvalue weighted by Gasteiger charge is 2.20. The molecule has 0 amide bonds. The van der Waals surface area contributed by atoms with E-state index >= 15 is 0 Å². The summed E-state index contributed by atoms with van der Waals surface area (Å²) < 4.78 is 4.40. The molecule has 7 aromatic carbocycles. The first kappa shape index (κ1) is 28.8. The fourth-order valence-corrected chi connectivity index (χ4v) is 7.53. The molecular weight excluding hydrogens is 611 g/mol. The molecule has 5 heteroatoms. The minimum absolute atomic E-state index is 0.578. The Morgan fingerprint density at radius 3 is 1.78 bits per heavy atom. The Kier molecular flexibility index (Phi) is 6.56. The maximum atomic E-state index is 10.4. The van der Waals surface area contributed by atoms with Crippen molar-refractivity contribution in [1.82, 2.24) is 9.13 Å². The van der Waals surface area contributed by atoms with Crippen molar-refractivity contribution in [3.63, 3.8) is 0 Å². The van der Waals surface area contributed by atoms with E-state index in [-0.39, 0.29) is 0 Å². The van der Waals surface area contributed by atoms with Gasteiger partial charge in [-0.3, -0.25) is 0 Å². The second-order valence-electron chi connectivity index (χ2n) is 12.3. The van der Waals surface area contributed by atoms with E-state index in [0.29, 0.717) is 16.7 Å². The molecule has 9 rings (SSSR count).